The highest BCUT2D eigenvalue weighted by atomic mass is 16.5. The van der Waals surface area contributed by atoms with E-state index in [2.05, 4.69) is 31.6 Å². The van der Waals surface area contributed by atoms with Crippen LogP contribution in [0.1, 0.15) is 38.2 Å². The Bertz CT molecular complexity index is 1350. The van der Waals surface area contributed by atoms with Gasteiger partial charge in [0, 0.05) is 43.2 Å². The second kappa shape index (κ2) is 19.3. The smallest absolute Gasteiger partial charge is 0.321 e. The maximum atomic E-state index is 13.2. The van der Waals surface area contributed by atoms with Crippen molar-refractivity contribution in [2.45, 2.75) is 57.3 Å². The third-order valence-electron chi connectivity index (χ3n) is 6.88. The van der Waals surface area contributed by atoms with Crippen molar-refractivity contribution in [1.82, 2.24) is 26.2 Å². The van der Waals surface area contributed by atoms with E-state index < -0.39 is 60.7 Å². The van der Waals surface area contributed by atoms with Crippen molar-refractivity contribution < 1.29 is 38.6 Å². The topological polar surface area (TPSA) is 286 Å². The number of rotatable bonds is 13. The van der Waals surface area contributed by atoms with Gasteiger partial charge in [0.1, 0.15) is 31.0 Å². The number of aliphatic imine (C=N–C) groups is 1. The zero-order chi connectivity index (χ0) is 34.9. The number of aliphatic carboxylic acids is 1. The number of hydrogen-bond donors (Lipinski definition) is 9. The Hall–Kier alpha value is -5.23. The summed E-state index contributed by atoms with van der Waals surface area (Å²) in [5, 5.41) is 23.2. The van der Waals surface area contributed by atoms with Crippen LogP contribution in [-0.4, -0.2) is 103 Å². The molecule has 0 bridgehead atoms. The van der Waals surface area contributed by atoms with Crippen molar-refractivity contribution in [3.05, 3.63) is 35.5 Å². The zero-order valence-corrected chi connectivity index (χ0v) is 26.4. The molecular weight excluding hydrogens is 616 g/mol. The van der Waals surface area contributed by atoms with E-state index in [1.807, 2.05) is 0 Å². The lowest BCUT2D eigenvalue weighted by atomic mass is 10.1. The Morgan fingerprint density at radius 1 is 1.19 bits per heavy atom. The Kier molecular flexibility index (Phi) is 15.6. The van der Waals surface area contributed by atoms with E-state index in [-0.39, 0.29) is 37.6 Å². The average Bonchev–Trinajstić information content (AvgIpc) is 3.02. The summed E-state index contributed by atoms with van der Waals surface area (Å²) in [4.78, 5) is 79.1. The lowest BCUT2D eigenvalue weighted by molar-refractivity contribution is -0.141. The van der Waals surface area contributed by atoms with Crippen LogP contribution in [0.5, 0.6) is 5.75 Å². The standard InChI is InChI=1S/C29H44N10O8/c1-17(26(43)33-2)13-39(16-40)14-25(42)36-19-5-6-23-18(10-19)12-35-22(28(45)46)11-24(41)38-21(7-9-34-29(31)32)27(44)37-20(15-47-23)4-3-8-30/h5-6,10,13,16,20-22,35H,3-4,7-9,11-12,14-15,30H2,1-2H3,(H,33,43)(H,36,42)(H,37,44)(H,38,41)(H,45,46)(H4,31,32,34)/b17-13-. The lowest BCUT2D eigenvalue weighted by Crippen LogP contribution is -2.52. The van der Waals surface area contributed by atoms with E-state index in [9.17, 15) is 33.9 Å². The van der Waals surface area contributed by atoms with Crippen molar-refractivity contribution >= 4 is 47.7 Å². The van der Waals surface area contributed by atoms with Crippen LogP contribution in [0, 0.1) is 0 Å². The minimum Gasteiger partial charge on any atom is -0.491 e. The van der Waals surface area contributed by atoms with Gasteiger partial charge in [0.15, 0.2) is 5.96 Å². The number of amides is 5. The van der Waals surface area contributed by atoms with Crippen LogP contribution in [-0.2, 0) is 35.3 Å². The summed E-state index contributed by atoms with van der Waals surface area (Å²) in [6, 6.07) is 1.75. The number of nitrogens with zero attached hydrogens (tertiary/aromatic N) is 2. The highest BCUT2D eigenvalue weighted by molar-refractivity contribution is 5.95. The van der Waals surface area contributed by atoms with Crippen LogP contribution in [0.15, 0.2) is 35.0 Å². The molecule has 0 spiro atoms. The number of benzene rings is 1. The van der Waals surface area contributed by atoms with Crippen LogP contribution in [0.4, 0.5) is 5.69 Å². The number of hydrogen-bond acceptors (Lipinski definition) is 10. The molecule has 3 atom stereocenters. The first kappa shape index (κ1) is 38.0. The summed E-state index contributed by atoms with van der Waals surface area (Å²) < 4.78 is 6.08. The summed E-state index contributed by atoms with van der Waals surface area (Å²) in [5.74, 6) is -3.38. The molecule has 12 N–H and O–H groups in total. The average molecular weight is 661 g/mol. The van der Waals surface area contributed by atoms with E-state index >= 15 is 0 Å². The normalized spacial score (nSPS) is 19.0. The van der Waals surface area contributed by atoms with Crippen molar-refractivity contribution in [2.24, 2.45) is 22.2 Å². The van der Waals surface area contributed by atoms with E-state index in [1.165, 1.54) is 20.2 Å². The Morgan fingerprint density at radius 2 is 1.94 bits per heavy atom. The maximum absolute atomic E-state index is 13.2. The third kappa shape index (κ3) is 13.3. The molecule has 1 aliphatic rings. The molecule has 0 saturated heterocycles. The van der Waals surface area contributed by atoms with E-state index in [4.69, 9.17) is 21.9 Å². The fraction of sp³-hybridized carbons (Fsp3) is 0.483. The molecule has 0 fully saturated rings. The molecule has 1 aliphatic heterocycles. The van der Waals surface area contributed by atoms with Gasteiger partial charge in [-0.25, -0.2) is 0 Å². The molecule has 1 aromatic carbocycles. The van der Waals surface area contributed by atoms with Gasteiger partial charge in [-0.05, 0) is 50.9 Å². The SMILES string of the molecule is CNC(=O)/C(C)=C\N(C=O)CC(=O)Nc1ccc2c(c1)CNC(C(=O)O)CC(=O)NC(CCN=C(N)N)C(=O)NC(CCCN)CO2. The van der Waals surface area contributed by atoms with Gasteiger partial charge in [0.25, 0.3) is 0 Å². The van der Waals surface area contributed by atoms with Gasteiger partial charge in [0.05, 0.1) is 12.5 Å². The fourth-order valence-electron chi connectivity index (χ4n) is 4.48. The number of guanidine groups is 1. The molecule has 3 unspecified atom stereocenters. The van der Waals surface area contributed by atoms with Gasteiger partial charge in [0.2, 0.25) is 30.0 Å². The number of carboxylic acids is 1. The van der Waals surface area contributed by atoms with Crippen LogP contribution < -0.4 is 48.5 Å². The molecule has 258 valence electrons. The summed E-state index contributed by atoms with van der Waals surface area (Å²) in [6.45, 7) is 1.42. The maximum Gasteiger partial charge on any atom is 0.321 e. The van der Waals surface area contributed by atoms with Crippen molar-refractivity contribution in [2.75, 3.05) is 38.6 Å². The number of anilines is 1. The predicted molar refractivity (Wildman–Crippen MR) is 171 cm³/mol. The molecule has 18 nitrogen and oxygen atoms in total. The minimum absolute atomic E-state index is 0.00664. The van der Waals surface area contributed by atoms with Crippen molar-refractivity contribution in [3.8, 4) is 5.75 Å². The molecule has 1 aromatic rings. The molecule has 0 aromatic heterocycles. The highest BCUT2D eigenvalue weighted by Crippen LogP contribution is 2.24. The predicted octanol–water partition coefficient (Wildman–Crippen LogP) is -2.57. The first-order chi connectivity index (χ1) is 22.4. The quantitative estimate of drug-likeness (QED) is 0.0457. The molecule has 2 rings (SSSR count). The second-order valence-electron chi connectivity index (χ2n) is 10.7. The zero-order valence-electron chi connectivity index (χ0n) is 26.4. The van der Waals surface area contributed by atoms with Gasteiger partial charge in [-0.1, -0.05) is 0 Å². The Balaban J connectivity index is 2.35. The number of fused-ring (bicyclic) bond motifs is 1. The summed E-state index contributed by atoms with van der Waals surface area (Å²) in [7, 11) is 1.44. The van der Waals surface area contributed by atoms with Gasteiger partial charge < -0.3 is 53.2 Å². The molecule has 0 saturated carbocycles. The van der Waals surface area contributed by atoms with Crippen LogP contribution >= 0.6 is 0 Å². The molecule has 0 radical (unpaired) electrons. The first-order valence-electron chi connectivity index (χ1n) is 14.8. The number of nitrogens with one attached hydrogen (secondary N) is 5. The molecule has 5 amide bonds. The highest BCUT2D eigenvalue weighted by Gasteiger charge is 2.28. The number of carbonyl (C=O) groups is 6. The monoisotopic (exact) mass is 660 g/mol. The van der Waals surface area contributed by atoms with Crippen molar-refractivity contribution in [1.29, 1.82) is 0 Å². The lowest BCUT2D eigenvalue weighted by Gasteiger charge is -2.26. The van der Waals surface area contributed by atoms with Gasteiger partial charge >= 0.3 is 5.97 Å². The molecule has 0 aliphatic carbocycles. The first-order valence-corrected chi connectivity index (χ1v) is 14.8. The molecule has 18 heteroatoms. The number of nitrogens with two attached hydrogens (primary N) is 3. The fourth-order valence-corrected chi connectivity index (χ4v) is 4.48. The number of likely N-dealkylation sites (N-methyl/N-ethyl adjacent to an activating group) is 1. The van der Waals surface area contributed by atoms with E-state index in [0.29, 0.717) is 42.8 Å². The van der Waals surface area contributed by atoms with Gasteiger partial charge in [-0.2, -0.15) is 0 Å². The largest absolute Gasteiger partial charge is 0.491 e. The Morgan fingerprint density at radius 3 is 2.57 bits per heavy atom. The van der Waals surface area contributed by atoms with Crippen LogP contribution in [0.25, 0.3) is 0 Å². The summed E-state index contributed by atoms with van der Waals surface area (Å²) in [5.41, 5.74) is 17.4. The van der Waals surface area contributed by atoms with Crippen molar-refractivity contribution in [3.63, 3.8) is 0 Å². The summed E-state index contributed by atoms with van der Waals surface area (Å²) >= 11 is 0. The van der Waals surface area contributed by atoms with Crippen LogP contribution in [0.2, 0.25) is 0 Å². The Labute approximate surface area is 271 Å². The third-order valence-corrected chi connectivity index (χ3v) is 6.88. The number of ether oxygens (including phenoxy) is 1. The van der Waals surface area contributed by atoms with Gasteiger partial charge in [-0.15, -0.1) is 0 Å². The van der Waals surface area contributed by atoms with E-state index in [0.717, 1.165) is 4.90 Å². The summed E-state index contributed by atoms with van der Waals surface area (Å²) in [6.07, 6.45) is 2.21. The van der Waals surface area contributed by atoms with E-state index in [1.54, 1.807) is 18.2 Å². The second-order valence-corrected chi connectivity index (χ2v) is 10.7. The number of carbonyl (C=O) groups excluding carboxylic acids is 5. The van der Waals surface area contributed by atoms with Crippen LogP contribution in [0.3, 0.4) is 0 Å². The molecule has 1 heterocycles. The molecule has 47 heavy (non-hydrogen) atoms. The number of carboxylic acid groups (broad SMARTS) is 1. The minimum atomic E-state index is -1.35. The van der Waals surface area contributed by atoms with Gasteiger partial charge in [-0.3, -0.25) is 39.1 Å². The molecular formula is C29H44N10O8.